The average molecular weight is 382 g/mol. The van der Waals surface area contributed by atoms with Crippen LogP contribution in [0.3, 0.4) is 0 Å². The summed E-state index contributed by atoms with van der Waals surface area (Å²) in [6, 6.07) is 6.19. The normalized spacial score (nSPS) is 16.7. The van der Waals surface area contributed by atoms with E-state index in [1.165, 1.54) is 11.1 Å². The second kappa shape index (κ2) is 6.74. The van der Waals surface area contributed by atoms with Crippen LogP contribution in [0.25, 0.3) is 0 Å². The highest BCUT2D eigenvalue weighted by molar-refractivity contribution is 5.88. The number of halogens is 2. The molecule has 146 valence electrons. The predicted molar refractivity (Wildman–Crippen MR) is 106 cm³/mol. The van der Waals surface area contributed by atoms with Crippen molar-refractivity contribution >= 4 is 5.97 Å². The second-order valence-electron chi connectivity index (χ2n) is 8.85. The smallest absolute Gasteiger partial charge is 0.341 e. The number of carboxylic acid groups (broad SMARTS) is 1. The van der Waals surface area contributed by atoms with Crippen molar-refractivity contribution < 1.29 is 18.7 Å². The van der Waals surface area contributed by atoms with Crippen LogP contribution in [0.1, 0.15) is 78.7 Å². The lowest BCUT2D eigenvalue weighted by atomic mass is 9.62. The summed E-state index contributed by atoms with van der Waals surface area (Å²) < 4.78 is 27.8. The highest BCUT2D eigenvalue weighted by Crippen LogP contribution is 2.46. The van der Waals surface area contributed by atoms with E-state index in [1.54, 1.807) is 0 Å². The molecule has 2 nitrogen and oxygen atoms in total. The molecular weight excluding hydrogens is 358 g/mol. The largest absolute Gasteiger partial charge is 0.477 e. The Morgan fingerprint density at radius 3 is 1.93 bits per heavy atom. The van der Waals surface area contributed by atoms with Crippen LogP contribution < -0.4 is 0 Å². The Kier molecular flexibility index (Phi) is 4.83. The van der Waals surface area contributed by atoms with E-state index in [1.807, 2.05) is 6.92 Å². The lowest BCUT2D eigenvalue weighted by Crippen LogP contribution is -2.34. The van der Waals surface area contributed by atoms with Gasteiger partial charge in [-0.15, -0.1) is 0 Å². The molecule has 0 saturated heterocycles. The minimum Gasteiger partial charge on any atom is -0.477 e. The molecule has 0 aliphatic heterocycles. The highest BCUT2D eigenvalue weighted by Gasteiger charge is 2.37. The lowest BCUT2D eigenvalue weighted by molar-refractivity contribution is 0.0686. The Labute approximate surface area is 164 Å². The summed E-state index contributed by atoms with van der Waals surface area (Å²) >= 11 is 0. The van der Waals surface area contributed by atoms with E-state index in [-0.39, 0.29) is 16.4 Å². The molecule has 0 fully saturated rings. The number of benzene rings is 2. The van der Waals surface area contributed by atoms with Crippen LogP contribution in [0.2, 0.25) is 0 Å². The molecule has 0 saturated carbocycles. The summed E-state index contributed by atoms with van der Waals surface area (Å²) in [6.07, 6.45) is 2.20. The van der Waals surface area contributed by atoms with Gasteiger partial charge in [-0.05, 0) is 65.5 Å². The van der Waals surface area contributed by atoms with Crippen molar-refractivity contribution in [3.05, 3.63) is 69.3 Å². The van der Waals surface area contributed by atoms with E-state index in [0.717, 1.165) is 36.1 Å². The molecule has 0 bridgehead atoms. The highest BCUT2D eigenvalue weighted by atomic mass is 19.1. The molecular formula is C24H24F2O2. The van der Waals surface area contributed by atoms with Gasteiger partial charge in [-0.25, -0.2) is 13.6 Å². The van der Waals surface area contributed by atoms with Crippen LogP contribution in [-0.2, 0) is 10.8 Å². The van der Waals surface area contributed by atoms with E-state index in [4.69, 9.17) is 5.11 Å². The Balaban J connectivity index is 2.08. The first-order valence-electron chi connectivity index (χ1n) is 9.32. The van der Waals surface area contributed by atoms with Crippen molar-refractivity contribution in [3.8, 4) is 11.8 Å². The van der Waals surface area contributed by atoms with Crippen molar-refractivity contribution in [1.29, 1.82) is 0 Å². The Bertz CT molecular complexity index is 1010. The Hall–Kier alpha value is -2.67. The number of rotatable bonds is 1. The number of carboxylic acids is 1. The van der Waals surface area contributed by atoms with E-state index in [9.17, 15) is 13.6 Å². The standard InChI is InChI=1S/C24H24F2O2/c1-14-10-17-18(24(4,5)9-8-23(17,2)3)13-16(14)7-6-15-11-19(25)21(22(27)28)20(26)12-15/h10-13H,8-9H2,1-5H3,(H,27,28). The molecule has 1 N–H and O–H groups in total. The zero-order chi connectivity index (χ0) is 20.9. The van der Waals surface area contributed by atoms with E-state index >= 15 is 0 Å². The molecule has 28 heavy (non-hydrogen) atoms. The second-order valence-corrected chi connectivity index (χ2v) is 8.85. The van der Waals surface area contributed by atoms with Crippen LogP contribution in [0.5, 0.6) is 0 Å². The van der Waals surface area contributed by atoms with Crippen LogP contribution in [0.4, 0.5) is 8.78 Å². The first kappa shape index (κ1) is 20.1. The fraction of sp³-hybridized carbons (Fsp3) is 0.375. The molecule has 1 aliphatic rings. The Morgan fingerprint density at radius 1 is 0.929 bits per heavy atom. The van der Waals surface area contributed by atoms with E-state index in [2.05, 4.69) is 51.7 Å². The van der Waals surface area contributed by atoms with Gasteiger partial charge in [0.25, 0.3) is 0 Å². The molecule has 3 rings (SSSR count). The fourth-order valence-electron chi connectivity index (χ4n) is 3.85. The number of hydrogen-bond acceptors (Lipinski definition) is 1. The van der Waals surface area contributed by atoms with Gasteiger partial charge in [-0.2, -0.15) is 0 Å². The molecule has 2 aromatic carbocycles. The molecule has 1 aliphatic carbocycles. The van der Waals surface area contributed by atoms with E-state index in [0.29, 0.717) is 0 Å². The van der Waals surface area contributed by atoms with Gasteiger partial charge in [0.2, 0.25) is 0 Å². The molecule has 0 radical (unpaired) electrons. The van der Waals surface area contributed by atoms with Crippen LogP contribution in [0.15, 0.2) is 24.3 Å². The minimum absolute atomic E-state index is 0.0380. The van der Waals surface area contributed by atoms with Crippen molar-refractivity contribution in [2.75, 3.05) is 0 Å². The van der Waals surface area contributed by atoms with Gasteiger partial charge in [0.05, 0.1) is 0 Å². The quantitative estimate of drug-likeness (QED) is 0.641. The molecule has 0 atom stereocenters. The van der Waals surface area contributed by atoms with Crippen LogP contribution in [0, 0.1) is 30.4 Å². The first-order valence-corrected chi connectivity index (χ1v) is 9.32. The van der Waals surface area contributed by atoms with Gasteiger partial charge in [0.15, 0.2) is 0 Å². The molecule has 0 amide bonds. The topological polar surface area (TPSA) is 37.3 Å². The summed E-state index contributed by atoms with van der Waals surface area (Å²) in [7, 11) is 0. The third kappa shape index (κ3) is 3.54. The third-order valence-electron chi connectivity index (χ3n) is 5.80. The number of fused-ring (bicyclic) bond motifs is 1. The summed E-state index contributed by atoms with van der Waals surface area (Å²) in [5.74, 6) is 1.92. The lowest BCUT2D eigenvalue weighted by Gasteiger charge is -2.42. The average Bonchev–Trinajstić information content (AvgIpc) is 2.56. The van der Waals surface area contributed by atoms with Crippen molar-refractivity contribution in [2.24, 2.45) is 0 Å². The van der Waals surface area contributed by atoms with Gasteiger partial charge in [0.1, 0.15) is 17.2 Å². The summed E-state index contributed by atoms with van der Waals surface area (Å²) in [5.41, 5.74) is 3.70. The predicted octanol–water partition coefficient (Wildman–Crippen LogP) is 5.72. The molecule has 0 spiro atoms. The Morgan fingerprint density at radius 2 is 1.43 bits per heavy atom. The molecule has 0 unspecified atom stereocenters. The number of hydrogen-bond donors (Lipinski definition) is 1. The van der Waals surface area contributed by atoms with Crippen molar-refractivity contribution in [2.45, 2.75) is 58.3 Å². The maximum absolute atomic E-state index is 13.9. The molecule has 0 heterocycles. The maximum atomic E-state index is 13.9. The zero-order valence-corrected chi connectivity index (χ0v) is 16.8. The summed E-state index contributed by atoms with van der Waals surface area (Å²) in [5, 5.41) is 8.87. The van der Waals surface area contributed by atoms with Crippen LogP contribution in [-0.4, -0.2) is 11.1 Å². The first-order chi connectivity index (χ1) is 12.9. The number of carbonyl (C=O) groups is 1. The van der Waals surface area contributed by atoms with Crippen molar-refractivity contribution in [3.63, 3.8) is 0 Å². The van der Waals surface area contributed by atoms with E-state index < -0.39 is 23.2 Å². The van der Waals surface area contributed by atoms with Crippen LogP contribution >= 0.6 is 0 Å². The van der Waals surface area contributed by atoms with Gasteiger partial charge in [-0.3, -0.25) is 0 Å². The third-order valence-corrected chi connectivity index (χ3v) is 5.80. The fourth-order valence-corrected chi connectivity index (χ4v) is 3.85. The van der Waals surface area contributed by atoms with Gasteiger partial charge in [0, 0.05) is 11.1 Å². The number of aryl methyl sites for hydroxylation is 1. The van der Waals surface area contributed by atoms with Crippen molar-refractivity contribution in [1.82, 2.24) is 0 Å². The number of aromatic carboxylic acids is 1. The van der Waals surface area contributed by atoms with Gasteiger partial charge >= 0.3 is 5.97 Å². The van der Waals surface area contributed by atoms with Gasteiger partial charge in [-0.1, -0.05) is 45.6 Å². The summed E-state index contributed by atoms with van der Waals surface area (Å²) in [6.45, 7) is 10.9. The monoisotopic (exact) mass is 382 g/mol. The zero-order valence-electron chi connectivity index (χ0n) is 16.8. The maximum Gasteiger partial charge on any atom is 0.341 e. The molecule has 2 aromatic rings. The molecule has 0 aromatic heterocycles. The molecule has 4 heteroatoms. The minimum atomic E-state index is -1.63. The van der Waals surface area contributed by atoms with Gasteiger partial charge < -0.3 is 5.11 Å². The summed E-state index contributed by atoms with van der Waals surface area (Å²) in [4.78, 5) is 10.9. The SMILES string of the molecule is Cc1cc2c(cc1C#Cc1cc(F)c(C(=O)O)c(F)c1)C(C)(C)CCC2(C)C.